The van der Waals surface area contributed by atoms with Crippen molar-refractivity contribution in [3.05, 3.63) is 59.7 Å². The summed E-state index contributed by atoms with van der Waals surface area (Å²) in [6, 6.07) is 16.4. The summed E-state index contributed by atoms with van der Waals surface area (Å²) in [6.07, 6.45) is 4.51. The van der Waals surface area contributed by atoms with Crippen molar-refractivity contribution in [2.75, 3.05) is 13.7 Å². The molecule has 0 radical (unpaired) electrons. The van der Waals surface area contributed by atoms with E-state index in [1.54, 1.807) is 7.11 Å². The molecule has 4 heteroatoms. The Bertz CT molecular complexity index is 857. The molecular weight excluding hydrogens is 364 g/mol. The van der Waals surface area contributed by atoms with Crippen LogP contribution >= 0.6 is 0 Å². The van der Waals surface area contributed by atoms with Crippen LogP contribution in [0.25, 0.3) is 0 Å². The normalized spacial score (nSPS) is 22.6. The quantitative estimate of drug-likeness (QED) is 0.604. The van der Waals surface area contributed by atoms with Crippen LogP contribution in [0.3, 0.4) is 0 Å². The summed E-state index contributed by atoms with van der Waals surface area (Å²) in [7, 11) is 1.70. The summed E-state index contributed by atoms with van der Waals surface area (Å²) in [4.78, 5) is 11.5. The van der Waals surface area contributed by atoms with Crippen molar-refractivity contribution in [1.82, 2.24) is 0 Å². The molecular formula is C25H30O4. The smallest absolute Gasteiger partial charge is 0.306 e. The van der Waals surface area contributed by atoms with Gasteiger partial charge in [0, 0.05) is 0 Å². The van der Waals surface area contributed by atoms with Crippen LogP contribution in [-0.4, -0.2) is 24.8 Å². The van der Waals surface area contributed by atoms with Crippen LogP contribution in [0.15, 0.2) is 48.5 Å². The molecule has 1 N–H and O–H groups in total. The lowest BCUT2D eigenvalue weighted by Crippen LogP contribution is -2.20. The third-order valence-electron chi connectivity index (χ3n) is 6.47. The largest absolute Gasteiger partial charge is 0.497 e. The Balaban J connectivity index is 1.33. The fourth-order valence-corrected chi connectivity index (χ4v) is 4.46. The van der Waals surface area contributed by atoms with E-state index in [9.17, 15) is 9.90 Å². The van der Waals surface area contributed by atoms with E-state index in [1.165, 1.54) is 12.0 Å². The van der Waals surface area contributed by atoms with E-state index < -0.39 is 5.97 Å². The van der Waals surface area contributed by atoms with Crippen molar-refractivity contribution < 1.29 is 19.4 Å². The predicted molar refractivity (Wildman–Crippen MR) is 112 cm³/mol. The van der Waals surface area contributed by atoms with Gasteiger partial charge in [-0.15, -0.1) is 0 Å². The van der Waals surface area contributed by atoms with E-state index in [0.717, 1.165) is 42.9 Å². The molecule has 2 aromatic carbocycles. The van der Waals surface area contributed by atoms with E-state index >= 15 is 0 Å². The van der Waals surface area contributed by atoms with E-state index in [4.69, 9.17) is 9.47 Å². The predicted octanol–water partition coefficient (Wildman–Crippen LogP) is 5.17. The van der Waals surface area contributed by atoms with Gasteiger partial charge in [-0.1, -0.05) is 31.2 Å². The van der Waals surface area contributed by atoms with Crippen LogP contribution in [0, 0.1) is 23.7 Å². The van der Waals surface area contributed by atoms with Gasteiger partial charge >= 0.3 is 5.97 Å². The molecule has 2 fully saturated rings. The second kappa shape index (κ2) is 8.48. The maximum absolute atomic E-state index is 11.5. The Kier molecular flexibility index (Phi) is 5.79. The van der Waals surface area contributed by atoms with Crippen molar-refractivity contribution in [2.45, 2.75) is 38.5 Å². The molecule has 0 unspecified atom stereocenters. The number of carboxylic acid groups (broad SMARTS) is 1. The molecule has 0 saturated heterocycles. The fraction of sp³-hybridized carbons (Fsp3) is 0.480. The van der Waals surface area contributed by atoms with Gasteiger partial charge in [0.1, 0.15) is 11.5 Å². The average molecular weight is 395 g/mol. The summed E-state index contributed by atoms with van der Waals surface area (Å²) >= 11 is 0. The van der Waals surface area contributed by atoms with Crippen LogP contribution in [0.2, 0.25) is 0 Å². The third kappa shape index (κ3) is 4.92. The van der Waals surface area contributed by atoms with Gasteiger partial charge in [0.15, 0.2) is 0 Å². The molecule has 2 aliphatic rings. The molecule has 0 amide bonds. The molecule has 4 rings (SSSR count). The zero-order valence-corrected chi connectivity index (χ0v) is 17.2. The monoisotopic (exact) mass is 394 g/mol. The number of ether oxygens (including phenoxy) is 2. The van der Waals surface area contributed by atoms with Crippen molar-refractivity contribution in [3.8, 4) is 11.5 Å². The highest BCUT2D eigenvalue weighted by Gasteiger charge is 2.39. The molecule has 0 heterocycles. The SMILES string of the molecule is COc1cccc(C[C@@H]2C[C@H]2COc2cccc([C@H](C3CC3)[C@H](C)C(=O)O)c2)c1. The highest BCUT2D eigenvalue weighted by Crippen LogP contribution is 2.47. The molecule has 0 aromatic heterocycles. The summed E-state index contributed by atoms with van der Waals surface area (Å²) in [5, 5.41) is 9.49. The minimum absolute atomic E-state index is 0.0813. The van der Waals surface area contributed by atoms with E-state index in [1.807, 2.05) is 31.2 Å². The lowest BCUT2D eigenvalue weighted by atomic mass is 9.83. The highest BCUT2D eigenvalue weighted by atomic mass is 16.5. The van der Waals surface area contributed by atoms with E-state index in [2.05, 4.69) is 24.3 Å². The Morgan fingerprint density at radius 1 is 1.10 bits per heavy atom. The highest BCUT2D eigenvalue weighted by molar-refractivity contribution is 5.71. The maximum Gasteiger partial charge on any atom is 0.306 e. The van der Waals surface area contributed by atoms with Crippen molar-refractivity contribution >= 4 is 5.97 Å². The Labute approximate surface area is 172 Å². The molecule has 0 bridgehead atoms. The van der Waals surface area contributed by atoms with Gasteiger partial charge in [-0.25, -0.2) is 0 Å². The van der Waals surface area contributed by atoms with Crippen LogP contribution in [0.1, 0.15) is 43.2 Å². The number of methoxy groups -OCH3 is 1. The van der Waals surface area contributed by atoms with Gasteiger partial charge in [0.25, 0.3) is 0 Å². The number of aliphatic carboxylic acids is 1. The van der Waals surface area contributed by atoms with Gasteiger partial charge in [-0.3, -0.25) is 4.79 Å². The summed E-state index contributed by atoms with van der Waals surface area (Å²) in [5.41, 5.74) is 2.41. The molecule has 0 aliphatic heterocycles. The first-order valence-electron chi connectivity index (χ1n) is 10.6. The van der Waals surface area contributed by atoms with E-state index in [-0.39, 0.29) is 11.8 Å². The van der Waals surface area contributed by atoms with Gasteiger partial charge in [0.05, 0.1) is 19.6 Å². The number of rotatable bonds is 10. The summed E-state index contributed by atoms with van der Waals surface area (Å²) in [6.45, 7) is 2.55. The number of carboxylic acids is 1. The van der Waals surface area contributed by atoms with Gasteiger partial charge < -0.3 is 14.6 Å². The van der Waals surface area contributed by atoms with Crippen LogP contribution in [0.5, 0.6) is 11.5 Å². The van der Waals surface area contributed by atoms with Gasteiger partial charge in [-0.2, -0.15) is 0 Å². The lowest BCUT2D eigenvalue weighted by molar-refractivity contribution is -0.142. The first kappa shape index (κ1) is 19.8. The summed E-state index contributed by atoms with van der Waals surface area (Å²) < 4.78 is 11.4. The molecule has 154 valence electrons. The van der Waals surface area contributed by atoms with Crippen molar-refractivity contribution in [1.29, 1.82) is 0 Å². The molecule has 0 spiro atoms. The Hall–Kier alpha value is -2.49. The van der Waals surface area contributed by atoms with Crippen LogP contribution in [0.4, 0.5) is 0 Å². The zero-order valence-electron chi connectivity index (χ0n) is 17.2. The minimum Gasteiger partial charge on any atom is -0.497 e. The standard InChI is InChI=1S/C25H30O4/c1-16(25(26)27)24(18-9-10-18)19-6-4-8-23(14-19)29-15-21-13-20(21)11-17-5-3-7-22(12-17)28-2/h3-8,12,14,16,18,20-21,24H,9-11,13,15H2,1-2H3,(H,26,27)/t16-,20+,21-,24-/m0/s1. The van der Waals surface area contributed by atoms with E-state index in [0.29, 0.717) is 17.8 Å². The van der Waals surface area contributed by atoms with Crippen molar-refractivity contribution in [2.24, 2.45) is 23.7 Å². The first-order chi connectivity index (χ1) is 14.0. The summed E-state index contributed by atoms with van der Waals surface area (Å²) in [5.74, 6) is 2.51. The second-order valence-electron chi connectivity index (χ2n) is 8.69. The Morgan fingerprint density at radius 3 is 2.59 bits per heavy atom. The number of hydrogen-bond donors (Lipinski definition) is 1. The topological polar surface area (TPSA) is 55.8 Å². The molecule has 2 aromatic rings. The molecule has 29 heavy (non-hydrogen) atoms. The zero-order chi connectivity index (χ0) is 20.4. The molecule has 2 saturated carbocycles. The minimum atomic E-state index is -0.716. The second-order valence-corrected chi connectivity index (χ2v) is 8.69. The third-order valence-corrected chi connectivity index (χ3v) is 6.47. The molecule has 2 aliphatic carbocycles. The van der Waals surface area contributed by atoms with Crippen LogP contribution in [-0.2, 0) is 11.2 Å². The van der Waals surface area contributed by atoms with Gasteiger partial charge in [-0.05, 0) is 84.7 Å². The first-order valence-corrected chi connectivity index (χ1v) is 10.6. The number of carbonyl (C=O) groups is 1. The fourth-order valence-electron chi connectivity index (χ4n) is 4.46. The van der Waals surface area contributed by atoms with Crippen LogP contribution < -0.4 is 9.47 Å². The lowest BCUT2D eigenvalue weighted by Gasteiger charge is -2.21. The van der Waals surface area contributed by atoms with Gasteiger partial charge in [0.2, 0.25) is 0 Å². The number of benzene rings is 2. The molecule has 4 atom stereocenters. The molecule has 4 nitrogen and oxygen atoms in total. The average Bonchev–Trinajstić information content (AvgIpc) is 3.64. The maximum atomic E-state index is 11.5. The number of hydrogen-bond acceptors (Lipinski definition) is 3. The Morgan fingerprint density at radius 2 is 1.86 bits per heavy atom. The van der Waals surface area contributed by atoms with Crippen molar-refractivity contribution in [3.63, 3.8) is 0 Å².